The molecule has 1 aromatic heterocycles. The van der Waals surface area contributed by atoms with Crippen molar-refractivity contribution in [1.29, 1.82) is 0 Å². The smallest absolute Gasteiger partial charge is 0.242 e. The normalized spacial score (nSPS) is 11.0. The molecule has 0 saturated heterocycles. The molecule has 0 saturated carbocycles. The molecule has 6 nitrogen and oxygen atoms in total. The molecular formula is C28H29Cl2N3O3. The fraction of sp³-hybridized carbons (Fsp3) is 0.143. The first-order valence-corrected chi connectivity index (χ1v) is 10.9. The average Bonchev–Trinajstić information content (AvgIpc) is 2.90. The quantitative estimate of drug-likeness (QED) is 0.307. The maximum Gasteiger partial charge on any atom is 0.242 e. The van der Waals surface area contributed by atoms with Gasteiger partial charge in [0.25, 0.3) is 0 Å². The molecule has 8 heteroatoms. The van der Waals surface area contributed by atoms with Gasteiger partial charge in [-0.05, 0) is 28.8 Å². The number of amides is 1. The molecule has 0 spiro atoms. The summed E-state index contributed by atoms with van der Waals surface area (Å²) >= 11 is 0. The summed E-state index contributed by atoms with van der Waals surface area (Å²) in [5, 5.41) is 2.96. The van der Waals surface area contributed by atoms with Crippen LogP contribution in [0.1, 0.15) is 17.0 Å². The Morgan fingerprint density at radius 2 is 1.25 bits per heavy atom. The van der Waals surface area contributed by atoms with Crippen LogP contribution in [0.5, 0.6) is 11.5 Å². The Labute approximate surface area is 223 Å². The average molecular weight is 526 g/mol. The lowest BCUT2D eigenvalue weighted by Crippen LogP contribution is -2.41. The molecule has 0 aliphatic rings. The van der Waals surface area contributed by atoms with Crippen LogP contribution in [-0.4, -0.2) is 31.2 Å². The zero-order valence-electron chi connectivity index (χ0n) is 20.0. The lowest BCUT2D eigenvalue weighted by molar-refractivity contribution is -0.117. The number of carbonyl (C=O) groups excluding carboxylic acids is 1. The van der Waals surface area contributed by atoms with E-state index in [0.717, 1.165) is 22.3 Å². The van der Waals surface area contributed by atoms with Crippen molar-refractivity contribution in [3.05, 3.63) is 108 Å². The van der Waals surface area contributed by atoms with Crippen LogP contribution in [-0.2, 0) is 4.79 Å². The highest BCUT2D eigenvalue weighted by atomic mass is 35.5. The molecule has 0 radical (unpaired) electrons. The van der Waals surface area contributed by atoms with E-state index in [0.29, 0.717) is 17.2 Å². The minimum absolute atomic E-state index is 0. The van der Waals surface area contributed by atoms with E-state index >= 15 is 0 Å². The zero-order chi connectivity index (χ0) is 23.9. The van der Waals surface area contributed by atoms with Crippen LogP contribution >= 0.6 is 24.8 Å². The number of pyridine rings is 1. The third kappa shape index (κ3) is 6.34. The van der Waals surface area contributed by atoms with Gasteiger partial charge in [-0.1, -0.05) is 72.8 Å². The number of rotatable bonds is 8. The van der Waals surface area contributed by atoms with Crippen LogP contribution in [0.3, 0.4) is 0 Å². The van der Waals surface area contributed by atoms with E-state index in [1.165, 1.54) is 0 Å². The van der Waals surface area contributed by atoms with E-state index in [4.69, 9.17) is 15.2 Å². The fourth-order valence-electron chi connectivity index (χ4n) is 4.04. The first kappa shape index (κ1) is 28.7. The number of nitrogens with two attached hydrogens (primary N) is 1. The number of benzene rings is 3. The summed E-state index contributed by atoms with van der Waals surface area (Å²) in [4.78, 5) is 17.3. The summed E-state index contributed by atoms with van der Waals surface area (Å²) in [5.74, 6) is 0.676. The van der Waals surface area contributed by atoms with E-state index in [2.05, 4.69) is 10.3 Å². The van der Waals surface area contributed by atoms with E-state index in [1.807, 2.05) is 84.9 Å². The molecule has 1 unspecified atom stereocenters. The van der Waals surface area contributed by atoms with Crippen molar-refractivity contribution in [2.45, 2.75) is 12.0 Å². The third-order valence-corrected chi connectivity index (χ3v) is 5.74. The lowest BCUT2D eigenvalue weighted by atomic mass is 9.85. The van der Waals surface area contributed by atoms with Gasteiger partial charge in [-0.25, -0.2) is 0 Å². The first-order chi connectivity index (χ1) is 16.6. The van der Waals surface area contributed by atoms with Crippen molar-refractivity contribution in [3.63, 3.8) is 0 Å². The van der Waals surface area contributed by atoms with Crippen molar-refractivity contribution >= 4 is 36.4 Å². The number of nitrogens with one attached hydrogen (secondary N) is 1. The second-order valence-corrected chi connectivity index (χ2v) is 7.81. The standard InChI is InChI=1S/C28H27N3O3.2ClH/c1-33-23-17-30-18-24(34-2)26(23)21-13-15-22(16-14-21)31-28(32)27(29)25(19-9-5-3-6-10-19)20-11-7-4-8-12-20;;/h3-18,25,27H,29H2,1-2H3,(H,31,32);2*1H. The van der Waals surface area contributed by atoms with Gasteiger partial charge in [0.2, 0.25) is 5.91 Å². The zero-order valence-corrected chi connectivity index (χ0v) is 21.6. The van der Waals surface area contributed by atoms with Gasteiger partial charge in [0.05, 0.1) is 38.2 Å². The number of hydrogen-bond donors (Lipinski definition) is 2. The van der Waals surface area contributed by atoms with Crippen LogP contribution in [0.15, 0.2) is 97.3 Å². The first-order valence-electron chi connectivity index (χ1n) is 10.9. The summed E-state index contributed by atoms with van der Waals surface area (Å²) < 4.78 is 10.9. The van der Waals surface area contributed by atoms with Gasteiger partial charge in [0.15, 0.2) is 0 Å². The minimum atomic E-state index is -0.773. The van der Waals surface area contributed by atoms with Crippen molar-refractivity contribution in [2.24, 2.45) is 5.73 Å². The van der Waals surface area contributed by atoms with Crippen LogP contribution < -0.4 is 20.5 Å². The molecule has 188 valence electrons. The number of nitrogens with zero attached hydrogens (tertiary/aromatic N) is 1. The van der Waals surface area contributed by atoms with Crippen LogP contribution in [0.25, 0.3) is 11.1 Å². The SMILES string of the molecule is COc1cncc(OC)c1-c1ccc(NC(=O)C(N)C(c2ccccc2)c2ccccc2)cc1.Cl.Cl. The Kier molecular flexibility index (Phi) is 10.7. The predicted octanol–water partition coefficient (Wildman–Crippen LogP) is 5.71. The third-order valence-electron chi connectivity index (χ3n) is 5.74. The van der Waals surface area contributed by atoms with E-state index in [1.54, 1.807) is 26.6 Å². The Hall–Kier alpha value is -3.58. The van der Waals surface area contributed by atoms with Crippen molar-refractivity contribution in [1.82, 2.24) is 4.98 Å². The van der Waals surface area contributed by atoms with Gasteiger partial charge < -0.3 is 20.5 Å². The Morgan fingerprint density at radius 3 is 1.69 bits per heavy atom. The number of aromatic nitrogens is 1. The van der Waals surface area contributed by atoms with Crippen LogP contribution in [0.4, 0.5) is 5.69 Å². The fourth-order valence-corrected chi connectivity index (χ4v) is 4.04. The van der Waals surface area contributed by atoms with Gasteiger partial charge in [-0.3, -0.25) is 9.78 Å². The Bertz CT molecular complexity index is 1180. The molecule has 3 aromatic carbocycles. The maximum absolute atomic E-state index is 13.2. The molecule has 0 aliphatic heterocycles. The Balaban J connectivity index is 0.00000228. The summed E-state index contributed by atoms with van der Waals surface area (Å²) in [7, 11) is 3.18. The number of ether oxygens (including phenoxy) is 2. The number of methoxy groups -OCH3 is 2. The van der Waals surface area contributed by atoms with Crippen molar-refractivity contribution in [3.8, 4) is 22.6 Å². The van der Waals surface area contributed by atoms with E-state index in [9.17, 15) is 4.79 Å². The number of halogens is 2. The topological polar surface area (TPSA) is 86.5 Å². The van der Waals surface area contributed by atoms with Crippen molar-refractivity contribution < 1.29 is 14.3 Å². The van der Waals surface area contributed by atoms with Gasteiger partial charge in [0, 0.05) is 11.6 Å². The van der Waals surface area contributed by atoms with Gasteiger partial charge in [0.1, 0.15) is 11.5 Å². The van der Waals surface area contributed by atoms with E-state index in [-0.39, 0.29) is 36.6 Å². The van der Waals surface area contributed by atoms with E-state index < -0.39 is 6.04 Å². The molecule has 1 amide bonds. The molecule has 0 fully saturated rings. The summed E-state index contributed by atoms with van der Waals surface area (Å²) in [6.45, 7) is 0. The largest absolute Gasteiger partial charge is 0.494 e. The highest BCUT2D eigenvalue weighted by Gasteiger charge is 2.27. The number of anilines is 1. The molecule has 1 heterocycles. The molecule has 4 rings (SSSR count). The monoisotopic (exact) mass is 525 g/mol. The number of hydrogen-bond acceptors (Lipinski definition) is 5. The molecule has 1 atom stereocenters. The molecule has 0 bridgehead atoms. The minimum Gasteiger partial charge on any atom is -0.494 e. The highest BCUT2D eigenvalue weighted by Crippen LogP contribution is 2.37. The second-order valence-electron chi connectivity index (χ2n) is 7.81. The summed E-state index contributed by atoms with van der Waals surface area (Å²) in [5.41, 5.74) is 10.8. The van der Waals surface area contributed by atoms with Gasteiger partial charge in [-0.2, -0.15) is 0 Å². The second kappa shape index (κ2) is 13.5. The molecule has 36 heavy (non-hydrogen) atoms. The number of carbonyl (C=O) groups is 1. The van der Waals surface area contributed by atoms with Gasteiger partial charge >= 0.3 is 0 Å². The summed E-state index contributed by atoms with van der Waals surface area (Å²) in [6.07, 6.45) is 3.28. The highest BCUT2D eigenvalue weighted by molar-refractivity contribution is 5.96. The summed E-state index contributed by atoms with van der Waals surface area (Å²) in [6, 6.07) is 26.4. The lowest BCUT2D eigenvalue weighted by Gasteiger charge is -2.24. The van der Waals surface area contributed by atoms with Crippen LogP contribution in [0, 0.1) is 0 Å². The van der Waals surface area contributed by atoms with Crippen molar-refractivity contribution in [2.75, 3.05) is 19.5 Å². The Morgan fingerprint density at radius 1 is 0.778 bits per heavy atom. The van der Waals surface area contributed by atoms with Gasteiger partial charge in [-0.15, -0.1) is 24.8 Å². The molecule has 3 N–H and O–H groups in total. The maximum atomic E-state index is 13.2. The molecule has 0 aliphatic carbocycles. The predicted molar refractivity (Wildman–Crippen MR) is 149 cm³/mol. The molecule has 4 aromatic rings. The molecular weight excluding hydrogens is 497 g/mol. The van der Waals surface area contributed by atoms with Crippen LogP contribution in [0.2, 0.25) is 0 Å².